The van der Waals surface area contributed by atoms with Gasteiger partial charge in [0.15, 0.2) is 23.7 Å². The number of aldehydes is 1. The number of sulfonamides is 4. The number of carbonyl (C=O) groups is 2. The lowest BCUT2D eigenvalue weighted by Gasteiger charge is -2.17. The molecule has 39 heteroatoms. The number of H-pyrrole nitrogens is 3. The molecule has 25 nitrogen and oxygen atoms in total. The fourth-order valence-corrected chi connectivity index (χ4v) is 13.2. The van der Waals surface area contributed by atoms with Crippen molar-refractivity contribution in [2.24, 2.45) is 0 Å². The highest BCUT2D eigenvalue weighted by molar-refractivity contribution is 7.94. The van der Waals surface area contributed by atoms with Gasteiger partial charge >= 0.3 is 0 Å². The summed E-state index contributed by atoms with van der Waals surface area (Å²) < 4.78 is 238. The number of aromatic nitrogens is 9. The summed E-state index contributed by atoms with van der Waals surface area (Å²) in [7, 11) is -15.1. The zero-order valence-electron chi connectivity index (χ0n) is 64.3. The second-order valence-corrected chi connectivity index (χ2v) is 35.9. The molecule has 14 aromatic rings. The molecule has 0 aliphatic carbocycles. The average molecular weight is 1740 g/mol. The van der Waals surface area contributed by atoms with Gasteiger partial charge in [0.1, 0.15) is 63.8 Å². The number of hydrogen-bond acceptors (Lipinski definition) is 18. The van der Waals surface area contributed by atoms with E-state index in [0.717, 1.165) is 94.0 Å². The number of nitrogens with two attached hydrogens (primary N) is 1. The van der Waals surface area contributed by atoms with Gasteiger partial charge in [0.05, 0.1) is 66.1 Å². The summed E-state index contributed by atoms with van der Waals surface area (Å²) in [6.07, 6.45) is 18.1. The molecule has 14 rings (SSSR count). The van der Waals surface area contributed by atoms with Crippen LogP contribution in [0.3, 0.4) is 0 Å². The first-order valence-electron chi connectivity index (χ1n) is 35.6. The number of nitrogen functional groups attached to an aromatic ring is 1. The largest absolute Gasteiger partial charge is 0.396 e. The number of fused-ring (bicyclic) bond motifs is 3. The number of aliphatic hydroxyl groups excluding tert-OH is 1. The minimum absolute atomic E-state index is 0.0000861. The Hall–Kier alpha value is -13.0. The number of hydrogen-bond donors (Lipinski definition) is 9. The van der Waals surface area contributed by atoms with E-state index in [9.17, 15) is 83.5 Å². The first-order valence-corrected chi connectivity index (χ1v) is 41.7. The van der Waals surface area contributed by atoms with Crippen molar-refractivity contribution >= 4 is 114 Å². The van der Waals surface area contributed by atoms with E-state index in [2.05, 4.69) is 60.4 Å². The van der Waals surface area contributed by atoms with Gasteiger partial charge in [0.2, 0.25) is 45.9 Å². The third-order valence-corrected chi connectivity index (χ3v) is 24.3. The van der Waals surface area contributed by atoms with Gasteiger partial charge in [-0.1, -0.05) is 18.2 Å². The number of halogens is 10. The van der Waals surface area contributed by atoms with Gasteiger partial charge in [-0.05, 0) is 159 Å². The number of anilines is 5. The zero-order chi connectivity index (χ0) is 87.9. The Bertz CT molecular complexity index is 6520. The molecule has 0 aliphatic heterocycles. The Morgan fingerprint density at radius 1 is 0.425 bits per heavy atom. The maximum atomic E-state index is 15.2. The summed E-state index contributed by atoms with van der Waals surface area (Å²) in [6, 6.07) is 29.8. The maximum Gasteiger partial charge on any atom is 0.235 e. The Balaban J connectivity index is 0.000000172. The van der Waals surface area contributed by atoms with Crippen molar-refractivity contribution in [3.63, 3.8) is 0 Å². The highest BCUT2D eigenvalue weighted by Gasteiger charge is 2.30. The summed E-state index contributed by atoms with van der Waals surface area (Å²) >= 11 is 0. The van der Waals surface area contributed by atoms with E-state index in [1.807, 2.05) is 58.4 Å². The molecule has 10 N–H and O–H groups in total. The van der Waals surface area contributed by atoms with Crippen LogP contribution in [0.1, 0.15) is 98.9 Å². The molecule has 0 radical (unpaired) electrons. The summed E-state index contributed by atoms with van der Waals surface area (Å²) in [5, 5.41) is 9.74. The lowest BCUT2D eigenvalue weighted by molar-refractivity contribution is 0.103. The van der Waals surface area contributed by atoms with Crippen molar-refractivity contribution in [3.8, 4) is 33.4 Å². The molecule has 1 atom stereocenters. The van der Waals surface area contributed by atoms with Crippen molar-refractivity contribution in [1.82, 2.24) is 44.9 Å². The molecule has 628 valence electrons. The van der Waals surface area contributed by atoms with Crippen LogP contribution in [0.25, 0.3) is 66.5 Å². The van der Waals surface area contributed by atoms with Crippen LogP contribution in [-0.2, 0) is 40.1 Å². The predicted molar refractivity (Wildman–Crippen MR) is 438 cm³/mol. The zero-order valence-corrected chi connectivity index (χ0v) is 67.6. The third kappa shape index (κ3) is 22.4. The maximum absolute atomic E-state index is 15.2. The molecule has 0 saturated heterocycles. The minimum atomic E-state index is -3.90. The fraction of sp³-hybridized carbons (Fsp3) is 0.160. The number of aromatic amines is 3. The van der Waals surface area contributed by atoms with Crippen LogP contribution in [-0.4, -0.2) is 117 Å². The molecular formula is C81H74F10N14O11S4. The van der Waals surface area contributed by atoms with Crippen molar-refractivity contribution in [2.45, 2.75) is 82.5 Å². The molecule has 0 saturated carbocycles. The molecular weight excluding hydrogens is 1660 g/mol. The van der Waals surface area contributed by atoms with Crippen LogP contribution in [0.5, 0.6) is 0 Å². The number of ketones is 1. The van der Waals surface area contributed by atoms with Gasteiger partial charge in [-0.25, -0.2) is 92.5 Å². The van der Waals surface area contributed by atoms with Gasteiger partial charge in [-0.2, -0.15) is 0 Å². The van der Waals surface area contributed by atoms with Gasteiger partial charge in [-0.3, -0.25) is 43.4 Å². The Kier molecular flexibility index (Phi) is 29.6. The monoisotopic (exact) mass is 1740 g/mol. The quantitative estimate of drug-likeness (QED) is 0.0148. The molecule has 1 unspecified atom stereocenters. The third-order valence-electron chi connectivity index (χ3n) is 17.4. The summed E-state index contributed by atoms with van der Waals surface area (Å²) in [6.45, 7) is 11.4. The second kappa shape index (κ2) is 39.1. The van der Waals surface area contributed by atoms with Crippen LogP contribution in [0, 0.1) is 58.2 Å². The summed E-state index contributed by atoms with van der Waals surface area (Å²) in [4.78, 5) is 57.5. The fourth-order valence-electron chi connectivity index (χ4n) is 10.4. The van der Waals surface area contributed by atoms with Gasteiger partial charge in [0, 0.05) is 147 Å². The van der Waals surface area contributed by atoms with E-state index >= 15 is 8.78 Å². The lowest BCUT2D eigenvalue weighted by Crippen LogP contribution is -2.23. The Morgan fingerprint density at radius 3 is 1.31 bits per heavy atom. The van der Waals surface area contributed by atoms with Gasteiger partial charge < -0.3 is 25.8 Å². The minimum Gasteiger partial charge on any atom is -0.396 e. The second-order valence-electron chi connectivity index (χ2n) is 26.9. The van der Waals surface area contributed by atoms with Crippen LogP contribution < -0.4 is 24.6 Å². The van der Waals surface area contributed by atoms with Crippen molar-refractivity contribution in [3.05, 3.63) is 294 Å². The first-order chi connectivity index (χ1) is 56.6. The van der Waals surface area contributed by atoms with Crippen LogP contribution in [0.15, 0.2) is 208 Å². The van der Waals surface area contributed by atoms with E-state index < -0.39 is 165 Å². The normalized spacial score (nSPS) is 11.8. The average Bonchev–Trinajstić information content (AvgIpc) is 1.40. The van der Waals surface area contributed by atoms with Crippen molar-refractivity contribution in [1.29, 1.82) is 0 Å². The molecule has 5 aromatic carbocycles. The summed E-state index contributed by atoms with van der Waals surface area (Å²) in [5.74, 6) is -10.8. The number of aliphatic hydroxyl groups is 1. The van der Waals surface area contributed by atoms with Crippen molar-refractivity contribution in [2.75, 3.05) is 24.6 Å². The highest BCUT2D eigenvalue weighted by atomic mass is 32.2. The van der Waals surface area contributed by atoms with Crippen molar-refractivity contribution < 1.29 is 92.3 Å². The van der Waals surface area contributed by atoms with Gasteiger partial charge in [-0.15, -0.1) is 0 Å². The summed E-state index contributed by atoms with van der Waals surface area (Å²) in [5.41, 5.74) is 8.05. The van der Waals surface area contributed by atoms with Crippen LogP contribution >= 0.6 is 0 Å². The standard InChI is InChI=1S/C22H20F2N4O3S.C22H18F2N4O3S.C12H9N3.C10H11F2NO3S.C9H11F2NO2S.C6H5F2N/c2*1-12(2)32(30,31)28-18-6-5-17(23)19(20(18)24)21(29)16-11-27-22-15(16)8-14(10-26-22)13-4-3-7-25-9-13;1-2-10(7-13-4-1)11-6-9-3-5-14-12(9)15-8-11;1-6(2)17(15,16)13-9-4-3-8(11)7(5-14)10(9)12;1-6(2)15(13,14)12-9-4-3-7(10)5-8(9)11;7-4-1-2-6(9)5(8)3-4/h3-12,21,28-29H,1-2H3,(H,26,27);3-12,28H,1-2H3,(H,26,27);1-8H,(H,14,15);3-6,13H,1-2H3;3-6,12H,1-2H3;1-3H,9H2. The first kappa shape index (κ1) is 90.9. The number of rotatable bonds is 20. The number of pyridine rings is 6. The van der Waals surface area contributed by atoms with E-state index in [-0.39, 0.29) is 28.8 Å². The van der Waals surface area contributed by atoms with E-state index in [1.54, 1.807) is 67.6 Å². The Morgan fingerprint density at radius 2 is 0.842 bits per heavy atom. The topological polar surface area (TPSA) is 390 Å². The molecule has 0 bridgehead atoms. The molecule has 9 aromatic heterocycles. The highest BCUT2D eigenvalue weighted by Crippen LogP contribution is 2.37. The van der Waals surface area contributed by atoms with E-state index in [1.165, 1.54) is 73.8 Å². The SMILES string of the molecule is CC(C)S(=O)(=O)Nc1ccc(F)c(C(=O)c2c[nH]c3ncc(-c4cccnc4)cc23)c1F.CC(C)S(=O)(=O)Nc1ccc(F)c(C(O)c2c[nH]c3ncc(-c4cccnc4)cc23)c1F.CC(C)S(=O)(=O)Nc1ccc(F)c(C=O)c1F.CC(C)S(=O)(=O)Nc1ccc(F)cc1F.Nc1ccc(F)cc1F.c1cncc(-c2cnc3[nH]ccc3c2)c1. The van der Waals surface area contributed by atoms with E-state index in [0.29, 0.717) is 39.3 Å². The smallest absolute Gasteiger partial charge is 0.235 e. The Labute approximate surface area is 681 Å². The molecule has 0 spiro atoms. The van der Waals surface area contributed by atoms with E-state index in [4.69, 9.17) is 5.73 Å². The molecule has 0 fully saturated rings. The number of carbonyl (C=O) groups excluding carboxylic acids is 2. The molecule has 0 aliphatic rings. The number of nitrogens with zero attached hydrogens (tertiary/aromatic N) is 6. The molecule has 0 amide bonds. The molecule has 120 heavy (non-hydrogen) atoms. The lowest BCUT2D eigenvalue weighted by atomic mass is 9.98. The number of nitrogens with one attached hydrogen (secondary N) is 7. The molecule has 9 heterocycles. The predicted octanol–water partition coefficient (Wildman–Crippen LogP) is 16.6. The van der Waals surface area contributed by atoms with Crippen LogP contribution in [0.4, 0.5) is 72.3 Å². The van der Waals surface area contributed by atoms with Crippen LogP contribution in [0.2, 0.25) is 0 Å². The number of benzene rings is 5. The van der Waals surface area contributed by atoms with Gasteiger partial charge in [0.25, 0.3) is 0 Å².